The number of halogens is 1. The fourth-order valence-corrected chi connectivity index (χ4v) is 2.94. The molecule has 0 aliphatic rings. The third-order valence-electron chi connectivity index (χ3n) is 2.32. The lowest BCUT2D eigenvalue weighted by Crippen LogP contribution is -2.14. The third-order valence-corrected chi connectivity index (χ3v) is 4.58. The summed E-state index contributed by atoms with van der Waals surface area (Å²) in [4.78, 5) is 14.7. The first kappa shape index (κ1) is 14.8. The van der Waals surface area contributed by atoms with Gasteiger partial charge in [0.1, 0.15) is 6.26 Å². The topological polar surface area (TPSA) is 110 Å². The van der Waals surface area contributed by atoms with Gasteiger partial charge in [-0.2, -0.15) is 4.98 Å². The highest BCUT2D eigenvalue weighted by Gasteiger charge is 2.20. The number of oxazole rings is 1. The molecule has 0 aliphatic carbocycles. The van der Waals surface area contributed by atoms with E-state index >= 15 is 0 Å². The molecule has 0 saturated carbocycles. The minimum Gasteiger partial charge on any atom is -0.478 e. The number of sulfonamides is 1. The molecule has 0 fully saturated rings. The SMILES string of the molecule is Cc1coc(NS(=O)(=O)c2ccc(I)c(C(=O)O)c2)n1. The third kappa shape index (κ3) is 3.10. The maximum Gasteiger partial charge on any atom is 0.336 e. The molecule has 0 aliphatic heterocycles. The number of hydrogen-bond acceptors (Lipinski definition) is 5. The summed E-state index contributed by atoms with van der Waals surface area (Å²) in [5.41, 5.74) is 0.439. The summed E-state index contributed by atoms with van der Waals surface area (Å²) < 4.78 is 31.7. The number of carboxylic acid groups (broad SMARTS) is 1. The van der Waals surface area contributed by atoms with Crippen LogP contribution in [0.2, 0.25) is 0 Å². The standard InChI is InChI=1S/C11H9IN2O5S/c1-6-5-19-11(13-6)14-20(17,18)7-2-3-9(12)8(4-7)10(15)16/h2-5H,1H3,(H,13,14)(H,15,16). The van der Waals surface area contributed by atoms with Gasteiger partial charge in [0.05, 0.1) is 16.2 Å². The second-order valence-corrected chi connectivity index (χ2v) is 6.69. The van der Waals surface area contributed by atoms with Crippen LogP contribution in [0.3, 0.4) is 0 Å². The Kier molecular flexibility index (Phi) is 3.99. The lowest BCUT2D eigenvalue weighted by Gasteiger charge is -2.06. The normalized spacial score (nSPS) is 11.3. The van der Waals surface area contributed by atoms with Crippen molar-refractivity contribution >= 4 is 44.6 Å². The van der Waals surface area contributed by atoms with Crippen molar-refractivity contribution in [1.82, 2.24) is 4.98 Å². The van der Waals surface area contributed by atoms with Crippen LogP contribution < -0.4 is 4.72 Å². The molecule has 20 heavy (non-hydrogen) atoms. The Labute approximate surface area is 128 Å². The van der Waals surface area contributed by atoms with Crippen LogP contribution in [0.4, 0.5) is 6.01 Å². The van der Waals surface area contributed by atoms with Gasteiger partial charge in [-0.05, 0) is 47.7 Å². The molecule has 2 N–H and O–H groups in total. The molecule has 0 atom stereocenters. The summed E-state index contributed by atoms with van der Waals surface area (Å²) in [6.45, 7) is 1.65. The Morgan fingerprint density at radius 2 is 2.15 bits per heavy atom. The van der Waals surface area contributed by atoms with Crippen molar-refractivity contribution in [3.63, 3.8) is 0 Å². The Balaban J connectivity index is 2.39. The van der Waals surface area contributed by atoms with E-state index in [0.29, 0.717) is 9.26 Å². The summed E-state index contributed by atoms with van der Waals surface area (Å²) >= 11 is 1.82. The highest BCUT2D eigenvalue weighted by molar-refractivity contribution is 14.1. The average molecular weight is 408 g/mol. The molecule has 0 amide bonds. The molecule has 0 unspecified atom stereocenters. The quantitative estimate of drug-likeness (QED) is 0.750. The maximum atomic E-state index is 12.1. The number of nitrogens with one attached hydrogen (secondary N) is 1. The molecule has 0 radical (unpaired) electrons. The van der Waals surface area contributed by atoms with Crippen molar-refractivity contribution in [3.05, 3.63) is 39.3 Å². The number of aromatic nitrogens is 1. The zero-order valence-electron chi connectivity index (χ0n) is 10.1. The van der Waals surface area contributed by atoms with Gasteiger partial charge in [0.15, 0.2) is 0 Å². The van der Waals surface area contributed by atoms with E-state index in [0.717, 1.165) is 6.07 Å². The molecule has 0 spiro atoms. The first-order valence-corrected chi connectivity index (χ1v) is 7.83. The molecule has 2 aromatic rings. The number of anilines is 1. The van der Waals surface area contributed by atoms with E-state index in [4.69, 9.17) is 9.52 Å². The highest BCUT2D eigenvalue weighted by Crippen LogP contribution is 2.20. The molecule has 1 aromatic heterocycles. The zero-order chi connectivity index (χ0) is 14.9. The fourth-order valence-electron chi connectivity index (χ4n) is 1.41. The van der Waals surface area contributed by atoms with Crippen LogP contribution >= 0.6 is 22.6 Å². The van der Waals surface area contributed by atoms with Gasteiger partial charge < -0.3 is 9.52 Å². The van der Waals surface area contributed by atoms with Crippen LogP contribution in [0.1, 0.15) is 16.1 Å². The largest absolute Gasteiger partial charge is 0.478 e. The van der Waals surface area contributed by atoms with Crippen molar-refractivity contribution in [2.75, 3.05) is 4.72 Å². The lowest BCUT2D eigenvalue weighted by molar-refractivity contribution is 0.0695. The van der Waals surface area contributed by atoms with E-state index in [-0.39, 0.29) is 16.5 Å². The van der Waals surface area contributed by atoms with Crippen LogP contribution in [0.5, 0.6) is 0 Å². The van der Waals surface area contributed by atoms with Crippen LogP contribution in [-0.4, -0.2) is 24.5 Å². The van der Waals surface area contributed by atoms with Crippen molar-refractivity contribution in [1.29, 1.82) is 0 Å². The monoisotopic (exact) mass is 408 g/mol. The van der Waals surface area contributed by atoms with Gasteiger partial charge in [0.2, 0.25) is 0 Å². The van der Waals surface area contributed by atoms with Gasteiger partial charge in [-0.1, -0.05) is 0 Å². The number of aromatic carboxylic acids is 1. The highest BCUT2D eigenvalue weighted by atomic mass is 127. The molecule has 9 heteroatoms. The molecule has 106 valence electrons. The predicted octanol–water partition coefficient (Wildman–Crippen LogP) is 2.09. The molecule has 7 nitrogen and oxygen atoms in total. The van der Waals surface area contributed by atoms with Gasteiger partial charge in [-0.3, -0.25) is 0 Å². The summed E-state index contributed by atoms with van der Waals surface area (Å²) in [6, 6.07) is 3.64. The second kappa shape index (κ2) is 5.40. The fraction of sp³-hybridized carbons (Fsp3) is 0.0909. The molecule has 1 aromatic carbocycles. The smallest absolute Gasteiger partial charge is 0.336 e. The Morgan fingerprint density at radius 3 is 2.70 bits per heavy atom. The van der Waals surface area contributed by atoms with Gasteiger partial charge in [-0.25, -0.2) is 17.9 Å². The molecule has 0 bridgehead atoms. The zero-order valence-corrected chi connectivity index (χ0v) is 13.1. The van der Waals surface area contributed by atoms with E-state index in [1.807, 2.05) is 22.6 Å². The summed E-state index contributed by atoms with van der Waals surface area (Å²) in [5.74, 6) is -1.20. The van der Waals surface area contributed by atoms with E-state index in [1.54, 1.807) is 6.92 Å². The predicted molar refractivity (Wildman–Crippen MR) is 78.2 cm³/mol. The number of benzene rings is 1. The summed E-state index contributed by atoms with van der Waals surface area (Å²) in [6.07, 6.45) is 1.30. The van der Waals surface area contributed by atoms with Crippen LogP contribution in [0.15, 0.2) is 33.8 Å². The molecule has 0 saturated heterocycles. The first-order chi connectivity index (χ1) is 9.29. The van der Waals surface area contributed by atoms with E-state index in [9.17, 15) is 13.2 Å². The number of nitrogens with zero attached hydrogens (tertiary/aromatic N) is 1. The van der Waals surface area contributed by atoms with E-state index < -0.39 is 16.0 Å². The average Bonchev–Trinajstić information content (AvgIpc) is 2.73. The number of carbonyl (C=O) groups is 1. The minimum atomic E-state index is -3.95. The van der Waals surface area contributed by atoms with Crippen molar-refractivity contribution in [3.8, 4) is 0 Å². The molecule has 2 rings (SSSR count). The van der Waals surface area contributed by atoms with Gasteiger partial charge >= 0.3 is 12.0 Å². The Bertz CT molecular complexity index is 769. The van der Waals surface area contributed by atoms with Crippen molar-refractivity contribution in [2.24, 2.45) is 0 Å². The van der Waals surface area contributed by atoms with Crippen molar-refractivity contribution < 1.29 is 22.7 Å². The van der Waals surface area contributed by atoms with Gasteiger partial charge in [0, 0.05) is 3.57 Å². The van der Waals surface area contributed by atoms with E-state index in [1.165, 1.54) is 18.4 Å². The molecular formula is C11H9IN2O5S. The second-order valence-electron chi connectivity index (χ2n) is 3.85. The van der Waals surface area contributed by atoms with Crippen molar-refractivity contribution in [2.45, 2.75) is 11.8 Å². The van der Waals surface area contributed by atoms with Gasteiger partial charge in [-0.15, -0.1) is 0 Å². The van der Waals surface area contributed by atoms with Crippen LogP contribution in [0, 0.1) is 10.5 Å². The van der Waals surface area contributed by atoms with Crippen LogP contribution in [0.25, 0.3) is 0 Å². The number of hydrogen-bond donors (Lipinski definition) is 2. The number of rotatable bonds is 4. The molecule has 1 heterocycles. The summed E-state index contributed by atoms with van der Waals surface area (Å²) in [5, 5.41) is 9.00. The summed E-state index contributed by atoms with van der Waals surface area (Å²) in [7, 11) is -3.95. The Morgan fingerprint density at radius 1 is 1.45 bits per heavy atom. The first-order valence-electron chi connectivity index (χ1n) is 5.27. The van der Waals surface area contributed by atoms with Gasteiger partial charge in [0.25, 0.3) is 10.0 Å². The lowest BCUT2D eigenvalue weighted by atomic mass is 10.2. The molecular weight excluding hydrogens is 399 g/mol. The number of carboxylic acids is 1. The van der Waals surface area contributed by atoms with E-state index in [2.05, 4.69) is 9.71 Å². The number of aryl methyl sites for hydroxylation is 1. The minimum absolute atomic E-state index is 0.0861. The van der Waals surface area contributed by atoms with Crippen LogP contribution in [-0.2, 0) is 10.0 Å². The Hall–Kier alpha value is -1.62. The maximum absolute atomic E-state index is 12.1.